The topological polar surface area (TPSA) is 38.1 Å². The molecule has 0 fully saturated rings. The molecule has 0 amide bonds. The smallest absolute Gasteiger partial charge is 0.147 e. The van der Waals surface area contributed by atoms with E-state index < -0.39 is 0 Å². The van der Waals surface area contributed by atoms with Gasteiger partial charge in [-0.15, -0.1) is 0 Å². The Morgan fingerprint density at radius 1 is 1.33 bits per heavy atom. The monoisotopic (exact) mass is 242 g/mol. The van der Waals surface area contributed by atoms with Crippen molar-refractivity contribution in [3.63, 3.8) is 0 Å². The van der Waals surface area contributed by atoms with Crippen LogP contribution in [0, 0.1) is 5.41 Å². The van der Waals surface area contributed by atoms with E-state index in [1.165, 1.54) is 11.1 Å². The average Bonchev–Trinajstić information content (AvgIpc) is 2.87. The first-order chi connectivity index (χ1) is 8.63. The van der Waals surface area contributed by atoms with Crippen molar-refractivity contribution in [1.29, 1.82) is 0 Å². The molecule has 0 saturated heterocycles. The summed E-state index contributed by atoms with van der Waals surface area (Å²) in [6.07, 6.45) is 2.77. The second-order valence-corrected chi connectivity index (χ2v) is 5.66. The number of aromatic nitrogens is 1. The Labute approximate surface area is 107 Å². The summed E-state index contributed by atoms with van der Waals surface area (Å²) in [6, 6.07) is 8.64. The molecule has 0 bridgehead atoms. The number of nitrogens with one attached hydrogen (secondary N) is 1. The quantitative estimate of drug-likeness (QED) is 0.876. The lowest BCUT2D eigenvalue weighted by Gasteiger charge is -2.26. The van der Waals surface area contributed by atoms with E-state index >= 15 is 0 Å². The van der Waals surface area contributed by atoms with Gasteiger partial charge in [-0.3, -0.25) is 0 Å². The summed E-state index contributed by atoms with van der Waals surface area (Å²) in [5.41, 5.74) is 4.99. The van der Waals surface area contributed by atoms with Crippen LogP contribution in [-0.2, 0) is 6.42 Å². The maximum Gasteiger partial charge on any atom is 0.147 e. The summed E-state index contributed by atoms with van der Waals surface area (Å²) in [7, 11) is 1.91. The first-order valence-electron chi connectivity index (χ1n) is 6.33. The maximum atomic E-state index is 5.14. The van der Waals surface area contributed by atoms with Gasteiger partial charge in [0.2, 0.25) is 0 Å². The van der Waals surface area contributed by atoms with E-state index in [0.717, 1.165) is 17.8 Å². The highest BCUT2D eigenvalue weighted by Crippen LogP contribution is 2.51. The van der Waals surface area contributed by atoms with Crippen LogP contribution in [-0.4, -0.2) is 12.2 Å². The highest BCUT2D eigenvalue weighted by Gasteiger charge is 2.42. The summed E-state index contributed by atoms with van der Waals surface area (Å²) < 4.78 is 5.14. The predicted molar refractivity (Wildman–Crippen MR) is 71.8 cm³/mol. The molecule has 3 heteroatoms. The van der Waals surface area contributed by atoms with Gasteiger partial charge in [-0.25, -0.2) is 0 Å². The first kappa shape index (κ1) is 11.3. The summed E-state index contributed by atoms with van der Waals surface area (Å²) >= 11 is 0. The lowest BCUT2D eigenvalue weighted by molar-refractivity contribution is 0.326. The van der Waals surface area contributed by atoms with Crippen LogP contribution in [0.5, 0.6) is 0 Å². The molecule has 1 atom stereocenters. The summed E-state index contributed by atoms with van der Waals surface area (Å²) in [5, 5.41) is 7.39. The number of anilines is 1. The van der Waals surface area contributed by atoms with Gasteiger partial charge in [0.15, 0.2) is 0 Å². The Morgan fingerprint density at radius 3 is 2.89 bits per heavy atom. The molecule has 1 unspecified atom stereocenters. The fraction of sp³-hybridized carbons (Fsp3) is 0.400. The lowest BCUT2D eigenvalue weighted by atomic mass is 9.77. The molecule has 1 N–H and O–H groups in total. The average molecular weight is 242 g/mol. The Morgan fingerprint density at radius 2 is 2.11 bits per heavy atom. The standard InChI is InChI=1S/C15H18N2O/c1-15(2)8-10-6-4-5-7-11(10)13(15)14-12(16-3)9-18-17-14/h4-7,9,13,16H,8H2,1-3H3. The van der Waals surface area contributed by atoms with Crippen LogP contribution in [0.25, 0.3) is 0 Å². The SMILES string of the molecule is CNc1conc1C1c2ccccc2CC1(C)C. The van der Waals surface area contributed by atoms with E-state index in [9.17, 15) is 0 Å². The fourth-order valence-electron chi connectivity index (χ4n) is 3.15. The highest BCUT2D eigenvalue weighted by atomic mass is 16.5. The normalized spacial score (nSPS) is 20.7. The van der Waals surface area contributed by atoms with Gasteiger partial charge in [0.05, 0.1) is 5.69 Å². The van der Waals surface area contributed by atoms with E-state index in [1.807, 2.05) is 7.05 Å². The van der Waals surface area contributed by atoms with Crippen molar-refractivity contribution in [2.75, 3.05) is 12.4 Å². The molecule has 0 spiro atoms. The van der Waals surface area contributed by atoms with Gasteiger partial charge >= 0.3 is 0 Å². The largest absolute Gasteiger partial charge is 0.384 e. The minimum absolute atomic E-state index is 0.173. The van der Waals surface area contributed by atoms with E-state index in [-0.39, 0.29) is 5.41 Å². The molecule has 3 rings (SSSR count). The molecule has 0 aliphatic heterocycles. The summed E-state index contributed by atoms with van der Waals surface area (Å²) in [4.78, 5) is 0. The van der Waals surface area contributed by atoms with Crippen LogP contribution < -0.4 is 5.32 Å². The van der Waals surface area contributed by atoms with Gasteiger partial charge in [-0.2, -0.15) is 0 Å². The van der Waals surface area contributed by atoms with Crippen LogP contribution in [0.2, 0.25) is 0 Å². The van der Waals surface area contributed by atoms with E-state index in [1.54, 1.807) is 6.26 Å². The molecule has 1 aliphatic carbocycles. The summed E-state index contributed by atoms with van der Waals surface area (Å²) in [5.74, 6) is 0.301. The van der Waals surface area contributed by atoms with Gasteiger partial charge in [0, 0.05) is 13.0 Å². The Kier molecular flexibility index (Phi) is 2.44. The second-order valence-electron chi connectivity index (χ2n) is 5.66. The molecule has 2 aromatic rings. The molecular weight excluding hydrogens is 224 g/mol. The number of hydrogen-bond acceptors (Lipinski definition) is 3. The van der Waals surface area contributed by atoms with Gasteiger partial charge < -0.3 is 9.84 Å². The predicted octanol–water partition coefficient (Wildman–Crippen LogP) is 3.43. The Balaban J connectivity index is 2.15. The molecule has 1 heterocycles. The van der Waals surface area contributed by atoms with Gasteiger partial charge in [0.1, 0.15) is 12.0 Å². The van der Waals surface area contributed by atoms with Gasteiger partial charge in [0.25, 0.3) is 0 Å². The van der Waals surface area contributed by atoms with Crippen molar-refractivity contribution in [3.8, 4) is 0 Å². The number of fused-ring (bicyclic) bond motifs is 1. The Bertz CT molecular complexity index is 571. The third-order valence-corrected chi connectivity index (χ3v) is 3.93. The van der Waals surface area contributed by atoms with Crippen LogP contribution in [0.4, 0.5) is 5.69 Å². The second kappa shape index (κ2) is 3.87. The van der Waals surface area contributed by atoms with E-state index in [0.29, 0.717) is 5.92 Å². The molecule has 0 saturated carbocycles. The molecule has 3 nitrogen and oxygen atoms in total. The molecular formula is C15H18N2O. The zero-order valence-electron chi connectivity index (χ0n) is 11.0. The number of benzene rings is 1. The summed E-state index contributed by atoms with van der Waals surface area (Å²) in [6.45, 7) is 4.59. The third kappa shape index (κ3) is 1.54. The van der Waals surface area contributed by atoms with Crippen molar-refractivity contribution in [1.82, 2.24) is 5.16 Å². The van der Waals surface area contributed by atoms with Crippen molar-refractivity contribution >= 4 is 5.69 Å². The van der Waals surface area contributed by atoms with Crippen molar-refractivity contribution in [2.45, 2.75) is 26.2 Å². The molecule has 1 aliphatic rings. The fourth-order valence-corrected chi connectivity index (χ4v) is 3.15. The van der Waals surface area contributed by atoms with Crippen LogP contribution in [0.3, 0.4) is 0 Å². The van der Waals surface area contributed by atoms with Crippen molar-refractivity contribution < 1.29 is 4.52 Å². The Hall–Kier alpha value is -1.77. The number of rotatable bonds is 2. The molecule has 18 heavy (non-hydrogen) atoms. The molecule has 1 aromatic carbocycles. The third-order valence-electron chi connectivity index (χ3n) is 3.93. The molecule has 0 radical (unpaired) electrons. The number of nitrogens with zero attached hydrogens (tertiary/aromatic N) is 1. The van der Waals surface area contributed by atoms with Gasteiger partial charge in [-0.1, -0.05) is 43.3 Å². The zero-order valence-corrected chi connectivity index (χ0v) is 11.0. The minimum atomic E-state index is 0.173. The molecule has 94 valence electrons. The highest BCUT2D eigenvalue weighted by molar-refractivity contribution is 5.53. The van der Waals surface area contributed by atoms with Crippen molar-refractivity contribution in [3.05, 3.63) is 47.3 Å². The van der Waals surface area contributed by atoms with Crippen molar-refractivity contribution in [2.24, 2.45) is 5.41 Å². The van der Waals surface area contributed by atoms with E-state index in [2.05, 4.69) is 48.6 Å². The number of hydrogen-bond donors (Lipinski definition) is 1. The zero-order chi connectivity index (χ0) is 12.8. The molecule has 1 aromatic heterocycles. The van der Waals surface area contributed by atoms with Crippen LogP contribution >= 0.6 is 0 Å². The lowest BCUT2D eigenvalue weighted by Crippen LogP contribution is -2.20. The minimum Gasteiger partial charge on any atom is -0.384 e. The van der Waals surface area contributed by atoms with E-state index in [4.69, 9.17) is 4.52 Å². The van der Waals surface area contributed by atoms with Crippen LogP contribution in [0.15, 0.2) is 35.1 Å². The first-order valence-corrected chi connectivity index (χ1v) is 6.33. The van der Waals surface area contributed by atoms with Crippen LogP contribution in [0.1, 0.15) is 36.6 Å². The maximum absolute atomic E-state index is 5.14. The van der Waals surface area contributed by atoms with Gasteiger partial charge in [-0.05, 0) is 23.0 Å².